The van der Waals surface area contributed by atoms with E-state index in [-0.39, 0.29) is 23.9 Å². The molecule has 0 bridgehead atoms. The second-order valence-electron chi connectivity index (χ2n) is 7.16. The molecule has 1 aliphatic rings. The van der Waals surface area contributed by atoms with Crippen molar-refractivity contribution in [2.45, 2.75) is 37.8 Å². The lowest BCUT2D eigenvalue weighted by molar-refractivity contribution is -0.122. The fraction of sp³-hybridized carbons (Fsp3) is 0.318. The Morgan fingerprint density at radius 3 is 2.62 bits per heavy atom. The van der Waals surface area contributed by atoms with Crippen molar-refractivity contribution in [3.8, 4) is 0 Å². The van der Waals surface area contributed by atoms with E-state index < -0.39 is 0 Å². The maximum Gasteiger partial charge on any atom is 0.221 e. The molecule has 1 aliphatic carbocycles. The van der Waals surface area contributed by atoms with Crippen LogP contribution >= 0.6 is 0 Å². The van der Waals surface area contributed by atoms with Crippen LogP contribution < -0.4 is 11.1 Å². The zero-order valence-corrected chi connectivity index (χ0v) is 14.7. The predicted octanol–water partition coefficient (Wildman–Crippen LogP) is 4.16. The standard InChI is InChI=1S/C22H24N2O2/c23-18-11-6-10-16(18)14-21(25)24-22(15-7-2-1-3-8-15)20-13-17-9-4-5-12-19(17)26-20/h1-5,7-9,12-13,16,18,22H,6,10-11,14,23H2,(H,24,25)/t16-,18+,22?/m0/s1. The van der Waals surface area contributed by atoms with Gasteiger partial charge in [0.1, 0.15) is 17.4 Å². The summed E-state index contributed by atoms with van der Waals surface area (Å²) in [6.07, 6.45) is 3.65. The van der Waals surface area contributed by atoms with Gasteiger partial charge in [-0.1, -0.05) is 55.0 Å². The largest absolute Gasteiger partial charge is 0.459 e. The van der Waals surface area contributed by atoms with Crippen molar-refractivity contribution in [3.63, 3.8) is 0 Å². The number of nitrogens with two attached hydrogens (primary N) is 1. The first-order chi connectivity index (χ1) is 12.7. The summed E-state index contributed by atoms with van der Waals surface area (Å²) in [5.74, 6) is 1.06. The van der Waals surface area contributed by atoms with Gasteiger partial charge in [-0.05, 0) is 36.5 Å². The molecule has 134 valence electrons. The van der Waals surface area contributed by atoms with Crippen LogP contribution in [0.3, 0.4) is 0 Å². The highest BCUT2D eigenvalue weighted by molar-refractivity contribution is 5.80. The molecule has 1 heterocycles. The highest BCUT2D eigenvalue weighted by Gasteiger charge is 2.28. The molecular formula is C22H24N2O2. The molecule has 3 aromatic rings. The number of hydrogen-bond donors (Lipinski definition) is 2. The van der Waals surface area contributed by atoms with Gasteiger partial charge < -0.3 is 15.5 Å². The molecule has 3 atom stereocenters. The van der Waals surface area contributed by atoms with Gasteiger partial charge in [-0.15, -0.1) is 0 Å². The minimum atomic E-state index is -0.297. The molecular weight excluding hydrogens is 324 g/mol. The van der Waals surface area contributed by atoms with Crippen LogP contribution in [0.25, 0.3) is 11.0 Å². The predicted molar refractivity (Wildman–Crippen MR) is 103 cm³/mol. The summed E-state index contributed by atoms with van der Waals surface area (Å²) < 4.78 is 6.04. The Morgan fingerprint density at radius 2 is 1.88 bits per heavy atom. The summed E-state index contributed by atoms with van der Waals surface area (Å²) in [6.45, 7) is 0. The molecule has 4 heteroatoms. The lowest BCUT2D eigenvalue weighted by Crippen LogP contribution is -2.34. The van der Waals surface area contributed by atoms with Crippen LogP contribution in [0, 0.1) is 5.92 Å². The molecule has 4 nitrogen and oxygen atoms in total. The SMILES string of the molecule is N[C@@H]1CCC[C@H]1CC(=O)NC(c1ccccc1)c1cc2ccccc2o1. The van der Waals surface area contributed by atoms with Crippen LogP contribution in [0.4, 0.5) is 0 Å². The van der Waals surface area contributed by atoms with Crippen molar-refractivity contribution in [1.29, 1.82) is 0 Å². The lowest BCUT2D eigenvalue weighted by Gasteiger charge is -2.20. The number of para-hydroxylation sites is 1. The van der Waals surface area contributed by atoms with E-state index in [0.717, 1.165) is 41.6 Å². The van der Waals surface area contributed by atoms with E-state index in [9.17, 15) is 4.79 Å². The van der Waals surface area contributed by atoms with Crippen LogP contribution in [0.1, 0.15) is 43.0 Å². The molecule has 1 saturated carbocycles. The van der Waals surface area contributed by atoms with E-state index in [1.54, 1.807) is 0 Å². The Morgan fingerprint density at radius 1 is 1.12 bits per heavy atom. The van der Waals surface area contributed by atoms with E-state index in [4.69, 9.17) is 10.2 Å². The Bertz CT molecular complexity index is 854. The third-order valence-electron chi connectivity index (χ3n) is 5.33. The summed E-state index contributed by atoms with van der Waals surface area (Å²) in [4.78, 5) is 12.7. The first kappa shape index (κ1) is 16.9. The van der Waals surface area contributed by atoms with Crippen LogP contribution in [0.15, 0.2) is 65.1 Å². The molecule has 1 unspecified atom stereocenters. The molecule has 0 saturated heterocycles. The fourth-order valence-corrected chi connectivity index (χ4v) is 3.89. The van der Waals surface area contributed by atoms with Gasteiger partial charge in [0.2, 0.25) is 5.91 Å². The number of fused-ring (bicyclic) bond motifs is 1. The van der Waals surface area contributed by atoms with Gasteiger partial charge in [0, 0.05) is 17.8 Å². The third kappa shape index (κ3) is 3.51. The van der Waals surface area contributed by atoms with Crippen molar-refractivity contribution in [3.05, 3.63) is 72.0 Å². The number of carbonyl (C=O) groups excluding carboxylic acids is 1. The van der Waals surface area contributed by atoms with Gasteiger partial charge in [0.05, 0.1) is 0 Å². The summed E-state index contributed by atoms with van der Waals surface area (Å²) in [7, 11) is 0. The van der Waals surface area contributed by atoms with Gasteiger partial charge >= 0.3 is 0 Å². The smallest absolute Gasteiger partial charge is 0.221 e. The van der Waals surface area contributed by atoms with Gasteiger partial charge in [-0.25, -0.2) is 0 Å². The summed E-state index contributed by atoms with van der Waals surface area (Å²) in [5, 5.41) is 4.21. The third-order valence-corrected chi connectivity index (χ3v) is 5.33. The minimum Gasteiger partial charge on any atom is -0.459 e. The number of rotatable bonds is 5. The maximum absolute atomic E-state index is 12.7. The Balaban J connectivity index is 1.60. The van der Waals surface area contributed by atoms with Crippen LogP contribution in [0.5, 0.6) is 0 Å². The molecule has 4 rings (SSSR count). The van der Waals surface area contributed by atoms with Gasteiger partial charge in [0.15, 0.2) is 0 Å². The average molecular weight is 348 g/mol. The molecule has 0 aliphatic heterocycles. The van der Waals surface area contributed by atoms with E-state index in [1.807, 2.05) is 60.7 Å². The quantitative estimate of drug-likeness (QED) is 0.727. The minimum absolute atomic E-state index is 0.0293. The molecule has 1 aromatic heterocycles. The van der Waals surface area contributed by atoms with Gasteiger partial charge in [0.25, 0.3) is 0 Å². The summed E-state index contributed by atoms with van der Waals surface area (Å²) in [5.41, 5.74) is 7.97. The Kier molecular flexibility index (Phi) is 4.76. The van der Waals surface area contributed by atoms with Gasteiger partial charge in [-0.2, -0.15) is 0 Å². The number of furan rings is 1. The normalized spacial score (nSPS) is 21.0. The highest BCUT2D eigenvalue weighted by Crippen LogP contribution is 2.30. The summed E-state index contributed by atoms with van der Waals surface area (Å²) in [6, 6.07) is 19.7. The van der Waals surface area contributed by atoms with E-state index in [1.165, 1.54) is 0 Å². The topological polar surface area (TPSA) is 68.3 Å². The van der Waals surface area contributed by atoms with Crippen molar-refractivity contribution in [1.82, 2.24) is 5.32 Å². The van der Waals surface area contributed by atoms with Crippen LogP contribution in [0.2, 0.25) is 0 Å². The first-order valence-corrected chi connectivity index (χ1v) is 9.29. The van der Waals surface area contributed by atoms with E-state index >= 15 is 0 Å². The molecule has 26 heavy (non-hydrogen) atoms. The number of carbonyl (C=O) groups is 1. The molecule has 2 aromatic carbocycles. The Hall–Kier alpha value is -2.59. The lowest BCUT2D eigenvalue weighted by atomic mass is 9.98. The Labute approximate surface area is 153 Å². The number of hydrogen-bond acceptors (Lipinski definition) is 3. The van der Waals surface area contributed by atoms with Crippen LogP contribution in [-0.2, 0) is 4.79 Å². The monoisotopic (exact) mass is 348 g/mol. The average Bonchev–Trinajstić information content (AvgIpc) is 3.26. The maximum atomic E-state index is 12.7. The number of nitrogens with one attached hydrogen (secondary N) is 1. The van der Waals surface area contributed by atoms with Crippen LogP contribution in [-0.4, -0.2) is 11.9 Å². The zero-order valence-electron chi connectivity index (χ0n) is 14.7. The van der Waals surface area contributed by atoms with Crippen molar-refractivity contribution < 1.29 is 9.21 Å². The molecule has 3 N–H and O–H groups in total. The zero-order chi connectivity index (χ0) is 17.9. The summed E-state index contributed by atoms with van der Waals surface area (Å²) >= 11 is 0. The fourth-order valence-electron chi connectivity index (χ4n) is 3.89. The number of benzene rings is 2. The second kappa shape index (κ2) is 7.34. The first-order valence-electron chi connectivity index (χ1n) is 9.29. The van der Waals surface area contributed by atoms with Crippen molar-refractivity contribution in [2.75, 3.05) is 0 Å². The van der Waals surface area contributed by atoms with E-state index in [0.29, 0.717) is 6.42 Å². The molecule has 0 spiro atoms. The number of amides is 1. The molecule has 0 radical (unpaired) electrons. The van der Waals surface area contributed by atoms with Gasteiger partial charge in [-0.3, -0.25) is 4.79 Å². The second-order valence-corrected chi connectivity index (χ2v) is 7.16. The highest BCUT2D eigenvalue weighted by atomic mass is 16.3. The molecule has 1 amide bonds. The van der Waals surface area contributed by atoms with Crippen molar-refractivity contribution >= 4 is 16.9 Å². The molecule has 1 fully saturated rings. The van der Waals surface area contributed by atoms with Crippen molar-refractivity contribution in [2.24, 2.45) is 11.7 Å². The van der Waals surface area contributed by atoms with E-state index in [2.05, 4.69) is 5.32 Å².